The molecule has 1 aliphatic heterocycles. The normalized spacial score (nSPS) is 18.8. The Morgan fingerprint density at radius 3 is 2.72 bits per heavy atom. The van der Waals surface area contributed by atoms with Crippen LogP contribution in [0.25, 0.3) is 0 Å². The second-order valence-electron chi connectivity index (χ2n) is 7.45. The van der Waals surface area contributed by atoms with Crippen LogP contribution in [-0.2, 0) is 10.0 Å². The van der Waals surface area contributed by atoms with Crippen molar-refractivity contribution in [2.75, 3.05) is 31.6 Å². The number of hydrogen-bond donors (Lipinski definition) is 1. The van der Waals surface area contributed by atoms with Crippen LogP contribution >= 0.6 is 0 Å². The Kier molecular flexibility index (Phi) is 5.26. The molecule has 0 saturated heterocycles. The van der Waals surface area contributed by atoms with Crippen molar-refractivity contribution in [3.8, 4) is 5.75 Å². The van der Waals surface area contributed by atoms with E-state index in [-0.39, 0.29) is 28.9 Å². The number of para-hydroxylation sites is 2. The first-order chi connectivity index (χ1) is 13.9. The maximum Gasteiger partial charge on any atom is 0.289 e. The summed E-state index contributed by atoms with van der Waals surface area (Å²) >= 11 is 0. The van der Waals surface area contributed by atoms with E-state index in [9.17, 15) is 13.2 Å². The van der Waals surface area contributed by atoms with Gasteiger partial charge in [-0.3, -0.25) is 4.79 Å². The molecule has 2 aromatic rings. The molecule has 1 saturated carbocycles. The highest BCUT2D eigenvalue weighted by Crippen LogP contribution is 2.33. The Morgan fingerprint density at radius 1 is 1.24 bits per heavy atom. The van der Waals surface area contributed by atoms with E-state index in [2.05, 4.69) is 16.5 Å². The van der Waals surface area contributed by atoms with Crippen LogP contribution in [0, 0.1) is 0 Å². The highest BCUT2D eigenvalue weighted by atomic mass is 32.2. The molecule has 8 nitrogen and oxygen atoms in total. The molecule has 1 aromatic carbocycles. The number of rotatable bonds is 7. The minimum atomic E-state index is -3.73. The van der Waals surface area contributed by atoms with E-state index in [0.29, 0.717) is 13.1 Å². The molecule has 0 bridgehead atoms. The first kappa shape index (κ1) is 19.8. The minimum Gasteiger partial charge on any atom is -0.485 e. The van der Waals surface area contributed by atoms with Crippen LogP contribution in [0.4, 0.5) is 5.69 Å². The second kappa shape index (κ2) is 7.72. The summed E-state index contributed by atoms with van der Waals surface area (Å²) in [5.41, 5.74) is 1.05. The van der Waals surface area contributed by atoms with Crippen molar-refractivity contribution in [1.29, 1.82) is 0 Å². The van der Waals surface area contributed by atoms with Gasteiger partial charge in [-0.2, -0.15) is 0 Å². The molecule has 2 aliphatic rings. The number of carbonyl (C=O) groups is 1. The number of nitrogens with zero attached hydrogens (tertiary/aromatic N) is 2. The third-order valence-electron chi connectivity index (χ3n) is 5.09. The molecule has 9 heteroatoms. The van der Waals surface area contributed by atoms with Gasteiger partial charge < -0.3 is 19.0 Å². The van der Waals surface area contributed by atoms with Crippen molar-refractivity contribution in [1.82, 2.24) is 9.62 Å². The first-order valence-corrected chi connectivity index (χ1v) is 11.2. The molecule has 1 amide bonds. The average molecular weight is 420 g/mol. The molecule has 4 rings (SSSR count). The molecule has 0 unspecified atom stereocenters. The summed E-state index contributed by atoms with van der Waals surface area (Å²) in [6.45, 7) is 3.93. The number of carbonyl (C=O) groups excluding carboxylic acids is 1. The van der Waals surface area contributed by atoms with Crippen LogP contribution < -0.4 is 14.4 Å². The lowest BCUT2D eigenvalue weighted by Crippen LogP contribution is -2.46. The zero-order valence-electron chi connectivity index (χ0n) is 16.5. The lowest BCUT2D eigenvalue weighted by molar-refractivity contribution is 0.0674. The number of likely N-dealkylation sites (N-methyl/N-ethyl adjacent to an activating group) is 2. The Morgan fingerprint density at radius 2 is 2.00 bits per heavy atom. The number of benzene rings is 1. The Labute approximate surface area is 170 Å². The van der Waals surface area contributed by atoms with Crippen LogP contribution in [0.15, 0.2) is 45.9 Å². The molecule has 1 atom stereocenters. The predicted octanol–water partition coefficient (Wildman–Crippen LogP) is 2.08. The SMILES string of the molecule is CCN1C[C@@H](CN(C)C(=O)c2ccc(S(=O)(=O)NC3CC3)o2)Oc2ccccc21. The van der Waals surface area contributed by atoms with Crippen molar-refractivity contribution in [3.05, 3.63) is 42.2 Å². The zero-order chi connectivity index (χ0) is 20.6. The molecule has 1 N–H and O–H groups in total. The molecule has 2 heterocycles. The van der Waals surface area contributed by atoms with Crippen LogP contribution in [-0.4, -0.2) is 58.1 Å². The van der Waals surface area contributed by atoms with Crippen LogP contribution in [0.5, 0.6) is 5.75 Å². The molecule has 156 valence electrons. The van der Waals surface area contributed by atoms with E-state index in [0.717, 1.165) is 30.8 Å². The van der Waals surface area contributed by atoms with Crippen molar-refractivity contribution in [2.24, 2.45) is 0 Å². The Hall–Kier alpha value is -2.52. The average Bonchev–Trinajstić information content (AvgIpc) is 3.35. The number of fused-ring (bicyclic) bond motifs is 1. The summed E-state index contributed by atoms with van der Waals surface area (Å²) in [4.78, 5) is 16.4. The topological polar surface area (TPSA) is 92.1 Å². The van der Waals surface area contributed by atoms with Gasteiger partial charge in [-0.05, 0) is 44.0 Å². The lowest BCUT2D eigenvalue weighted by atomic mass is 10.2. The highest BCUT2D eigenvalue weighted by molar-refractivity contribution is 7.89. The van der Waals surface area contributed by atoms with Gasteiger partial charge in [0, 0.05) is 19.6 Å². The van der Waals surface area contributed by atoms with Gasteiger partial charge in [0.15, 0.2) is 5.76 Å². The predicted molar refractivity (Wildman–Crippen MR) is 108 cm³/mol. The number of ether oxygens (including phenoxy) is 1. The lowest BCUT2D eigenvalue weighted by Gasteiger charge is -2.37. The summed E-state index contributed by atoms with van der Waals surface area (Å²) in [5, 5.41) is -0.235. The summed E-state index contributed by atoms with van der Waals surface area (Å²) < 4.78 is 38.4. The molecule has 1 aliphatic carbocycles. The van der Waals surface area contributed by atoms with Crippen LogP contribution in [0.3, 0.4) is 0 Å². The number of hydrogen-bond acceptors (Lipinski definition) is 6. The maximum absolute atomic E-state index is 12.7. The van der Waals surface area contributed by atoms with Crippen molar-refractivity contribution < 1.29 is 22.4 Å². The Bertz CT molecular complexity index is 999. The van der Waals surface area contributed by atoms with Gasteiger partial charge in [-0.15, -0.1) is 0 Å². The number of furan rings is 1. The number of sulfonamides is 1. The molecule has 0 radical (unpaired) electrons. The first-order valence-electron chi connectivity index (χ1n) is 9.75. The minimum absolute atomic E-state index is 0.00720. The summed E-state index contributed by atoms with van der Waals surface area (Å²) in [7, 11) is -2.07. The van der Waals surface area contributed by atoms with Crippen LogP contribution in [0.1, 0.15) is 30.3 Å². The van der Waals surface area contributed by atoms with E-state index in [1.807, 2.05) is 24.3 Å². The van der Waals surface area contributed by atoms with Crippen LogP contribution in [0.2, 0.25) is 0 Å². The number of amides is 1. The third-order valence-corrected chi connectivity index (χ3v) is 6.48. The van der Waals surface area contributed by atoms with Gasteiger partial charge in [0.1, 0.15) is 11.9 Å². The number of nitrogens with one attached hydrogen (secondary N) is 1. The molecule has 1 fully saturated rings. The molecular formula is C20H25N3O5S. The maximum atomic E-state index is 12.7. The second-order valence-corrected chi connectivity index (χ2v) is 9.09. The van der Waals surface area contributed by atoms with E-state index < -0.39 is 10.0 Å². The van der Waals surface area contributed by atoms with Gasteiger partial charge in [0.2, 0.25) is 5.09 Å². The van der Waals surface area contributed by atoms with E-state index in [1.54, 1.807) is 7.05 Å². The van der Waals surface area contributed by atoms with Crippen molar-refractivity contribution >= 4 is 21.6 Å². The summed E-state index contributed by atoms with van der Waals surface area (Å²) in [6, 6.07) is 10.5. The quantitative estimate of drug-likeness (QED) is 0.739. The third kappa shape index (κ3) is 4.25. The Balaban J connectivity index is 1.42. The fourth-order valence-corrected chi connectivity index (χ4v) is 4.65. The van der Waals surface area contributed by atoms with E-state index in [1.165, 1.54) is 17.0 Å². The van der Waals surface area contributed by atoms with Crippen molar-refractivity contribution in [3.63, 3.8) is 0 Å². The standard InChI is InChI=1S/C20H25N3O5S/c1-3-23-13-15(27-17-7-5-4-6-16(17)23)12-22(2)20(24)18-10-11-19(28-18)29(25,26)21-14-8-9-14/h4-7,10-11,14-15,21H,3,8-9,12-13H2,1-2H3/t15-/m1/s1. The van der Waals surface area contributed by atoms with Crippen molar-refractivity contribution in [2.45, 2.75) is 37.0 Å². The van der Waals surface area contributed by atoms with E-state index in [4.69, 9.17) is 9.15 Å². The summed E-state index contributed by atoms with van der Waals surface area (Å²) in [5.74, 6) is 0.402. The van der Waals surface area contributed by atoms with Gasteiger partial charge in [0.05, 0.1) is 18.8 Å². The summed E-state index contributed by atoms with van der Waals surface area (Å²) in [6.07, 6.45) is 1.45. The van der Waals surface area contributed by atoms with E-state index >= 15 is 0 Å². The monoisotopic (exact) mass is 419 g/mol. The fourth-order valence-electron chi connectivity index (χ4n) is 3.41. The molecule has 0 spiro atoms. The molecular weight excluding hydrogens is 394 g/mol. The fraction of sp³-hybridized carbons (Fsp3) is 0.450. The number of anilines is 1. The van der Waals surface area contributed by atoms with Gasteiger partial charge >= 0.3 is 0 Å². The van der Waals surface area contributed by atoms with Gasteiger partial charge in [0.25, 0.3) is 15.9 Å². The highest BCUT2D eigenvalue weighted by Gasteiger charge is 2.31. The zero-order valence-corrected chi connectivity index (χ0v) is 17.3. The largest absolute Gasteiger partial charge is 0.485 e. The van der Waals surface area contributed by atoms with Gasteiger partial charge in [-0.1, -0.05) is 12.1 Å². The smallest absolute Gasteiger partial charge is 0.289 e. The van der Waals surface area contributed by atoms with Gasteiger partial charge in [-0.25, -0.2) is 13.1 Å². The molecule has 1 aromatic heterocycles. The molecule has 29 heavy (non-hydrogen) atoms.